The summed E-state index contributed by atoms with van der Waals surface area (Å²) in [6, 6.07) is 16.3. The molecule has 1 amide bonds. The van der Waals surface area contributed by atoms with E-state index in [4.69, 9.17) is 9.47 Å². The van der Waals surface area contributed by atoms with Gasteiger partial charge in [0, 0.05) is 24.8 Å². The first-order valence-electron chi connectivity index (χ1n) is 10.7. The molecule has 0 aromatic heterocycles. The Labute approximate surface area is 182 Å². The molecule has 0 N–H and O–H groups in total. The Morgan fingerprint density at radius 1 is 0.968 bits per heavy atom. The number of carbonyl (C=O) groups excluding carboxylic acids is 3. The number of hydrogen-bond acceptors (Lipinski definition) is 5. The summed E-state index contributed by atoms with van der Waals surface area (Å²) in [5.74, 6) is -0.437. The molecule has 0 unspecified atom stereocenters. The van der Waals surface area contributed by atoms with Gasteiger partial charge in [-0.2, -0.15) is 0 Å². The van der Waals surface area contributed by atoms with E-state index in [1.54, 1.807) is 4.90 Å². The molecule has 1 heterocycles. The number of Topliss-reactive ketones (excluding diaryl/α,β-unsaturated/α-hetero) is 1. The smallest absolute Gasteiger partial charge is 0.410 e. The predicted molar refractivity (Wildman–Crippen MR) is 116 cm³/mol. The zero-order valence-corrected chi connectivity index (χ0v) is 17.9. The molecular weight excluding hydrogens is 394 g/mol. The Kier molecular flexibility index (Phi) is 6.07. The normalized spacial score (nSPS) is 19.6. The van der Waals surface area contributed by atoms with Crippen LogP contribution in [0.4, 0.5) is 4.79 Å². The summed E-state index contributed by atoms with van der Waals surface area (Å²) in [7, 11) is 0. The Balaban J connectivity index is 1.36. The Morgan fingerprint density at radius 2 is 1.58 bits per heavy atom. The van der Waals surface area contributed by atoms with Crippen molar-refractivity contribution in [3.8, 4) is 11.1 Å². The van der Waals surface area contributed by atoms with Gasteiger partial charge in [-0.05, 0) is 36.1 Å². The summed E-state index contributed by atoms with van der Waals surface area (Å²) in [5.41, 5.74) is 4.71. The van der Waals surface area contributed by atoms with Gasteiger partial charge in [-0.3, -0.25) is 4.79 Å². The summed E-state index contributed by atoms with van der Waals surface area (Å²) >= 11 is 0. The van der Waals surface area contributed by atoms with Gasteiger partial charge in [0.2, 0.25) is 0 Å². The molecular formula is C25H27NO5. The van der Waals surface area contributed by atoms with Gasteiger partial charge in [0.05, 0.1) is 13.0 Å². The monoisotopic (exact) mass is 421 g/mol. The first-order chi connectivity index (χ1) is 14.9. The molecule has 2 atom stereocenters. The third-order valence-corrected chi connectivity index (χ3v) is 6.09. The molecule has 2 aromatic rings. The van der Waals surface area contributed by atoms with E-state index in [0.29, 0.717) is 13.0 Å². The molecule has 162 valence electrons. The van der Waals surface area contributed by atoms with Gasteiger partial charge >= 0.3 is 12.1 Å². The average Bonchev–Trinajstić information content (AvgIpc) is 3.28. The van der Waals surface area contributed by atoms with Crippen LogP contribution in [-0.4, -0.2) is 48.0 Å². The van der Waals surface area contributed by atoms with E-state index in [1.807, 2.05) is 31.2 Å². The topological polar surface area (TPSA) is 72.9 Å². The quantitative estimate of drug-likeness (QED) is 0.650. The lowest BCUT2D eigenvalue weighted by atomic mass is 9.98. The van der Waals surface area contributed by atoms with Crippen LogP contribution in [0.15, 0.2) is 48.5 Å². The first-order valence-corrected chi connectivity index (χ1v) is 10.7. The molecule has 31 heavy (non-hydrogen) atoms. The number of ketones is 1. The minimum atomic E-state index is -0.401. The van der Waals surface area contributed by atoms with Crippen molar-refractivity contribution in [2.75, 3.05) is 13.2 Å². The molecule has 1 aliphatic carbocycles. The number of fused-ring (bicyclic) bond motifs is 3. The molecule has 1 aliphatic heterocycles. The van der Waals surface area contributed by atoms with Gasteiger partial charge in [-0.15, -0.1) is 0 Å². The number of likely N-dealkylation sites (tertiary alicyclic amines) is 1. The molecule has 1 fully saturated rings. The first kappa shape index (κ1) is 21.1. The van der Waals surface area contributed by atoms with E-state index >= 15 is 0 Å². The van der Waals surface area contributed by atoms with Crippen LogP contribution in [0.2, 0.25) is 0 Å². The second-order valence-corrected chi connectivity index (χ2v) is 8.35. The van der Waals surface area contributed by atoms with Crippen LogP contribution >= 0.6 is 0 Å². The zero-order chi connectivity index (χ0) is 22.0. The number of ether oxygens (including phenoxy) is 2. The Morgan fingerprint density at radius 3 is 2.19 bits per heavy atom. The van der Waals surface area contributed by atoms with Crippen molar-refractivity contribution in [3.63, 3.8) is 0 Å². The minimum absolute atomic E-state index is 0.00876. The summed E-state index contributed by atoms with van der Waals surface area (Å²) in [5, 5.41) is 0. The number of hydrogen-bond donors (Lipinski definition) is 0. The number of benzene rings is 2. The van der Waals surface area contributed by atoms with Crippen molar-refractivity contribution < 1.29 is 23.9 Å². The fourth-order valence-corrected chi connectivity index (χ4v) is 4.52. The molecule has 0 radical (unpaired) electrons. The van der Waals surface area contributed by atoms with E-state index in [9.17, 15) is 14.4 Å². The lowest BCUT2D eigenvalue weighted by molar-refractivity contribution is -0.149. The second-order valence-electron chi connectivity index (χ2n) is 8.35. The fraction of sp³-hybridized carbons (Fsp3) is 0.400. The number of amides is 1. The highest BCUT2D eigenvalue weighted by molar-refractivity contribution is 5.81. The highest BCUT2D eigenvalue weighted by atomic mass is 16.6. The number of nitrogens with zero attached hydrogens (tertiary/aromatic N) is 1. The van der Waals surface area contributed by atoms with Crippen molar-refractivity contribution in [2.45, 2.75) is 51.2 Å². The van der Waals surface area contributed by atoms with E-state index in [-0.39, 0.29) is 43.3 Å². The maximum Gasteiger partial charge on any atom is 0.410 e. The van der Waals surface area contributed by atoms with Crippen LogP contribution < -0.4 is 0 Å². The van der Waals surface area contributed by atoms with Crippen LogP contribution in [-0.2, 0) is 19.1 Å². The van der Waals surface area contributed by atoms with Crippen molar-refractivity contribution in [1.82, 2.24) is 4.90 Å². The highest BCUT2D eigenvalue weighted by Crippen LogP contribution is 2.44. The summed E-state index contributed by atoms with van der Waals surface area (Å²) in [6.07, 6.45) is 0.0600. The van der Waals surface area contributed by atoms with Crippen molar-refractivity contribution in [2.24, 2.45) is 0 Å². The van der Waals surface area contributed by atoms with Crippen LogP contribution in [0.5, 0.6) is 0 Å². The molecule has 1 saturated heterocycles. The minimum Gasteiger partial charge on any atom is -0.460 e. The Bertz CT molecular complexity index is 955. The lowest BCUT2D eigenvalue weighted by Gasteiger charge is -2.22. The standard InChI is InChI=1S/C25H27NO5/c1-16-13-18(31-24(28)12-11-17(2)27)14-26(16)25(29)30-15-23-21-9-5-3-7-19(21)20-8-4-6-10-22(20)23/h3-10,16,18,23H,11-15H2,1-2H3/t16-,18-/m1/s1. The maximum absolute atomic E-state index is 12.8. The second kappa shape index (κ2) is 8.92. The third-order valence-electron chi connectivity index (χ3n) is 6.09. The molecule has 6 nitrogen and oxygen atoms in total. The van der Waals surface area contributed by atoms with Gasteiger partial charge in [-0.1, -0.05) is 48.5 Å². The van der Waals surface area contributed by atoms with Gasteiger partial charge in [0.15, 0.2) is 0 Å². The van der Waals surface area contributed by atoms with E-state index in [2.05, 4.69) is 24.3 Å². The van der Waals surface area contributed by atoms with E-state index < -0.39 is 12.1 Å². The lowest BCUT2D eigenvalue weighted by Crippen LogP contribution is -2.36. The molecule has 2 aliphatic rings. The van der Waals surface area contributed by atoms with Gasteiger partial charge in [-0.25, -0.2) is 4.79 Å². The van der Waals surface area contributed by atoms with Crippen LogP contribution in [0.25, 0.3) is 11.1 Å². The largest absolute Gasteiger partial charge is 0.460 e. The molecule has 6 heteroatoms. The molecule has 0 saturated carbocycles. The number of esters is 1. The summed E-state index contributed by atoms with van der Waals surface area (Å²) < 4.78 is 11.2. The molecule has 0 bridgehead atoms. The van der Waals surface area contributed by atoms with Gasteiger partial charge < -0.3 is 19.2 Å². The summed E-state index contributed by atoms with van der Waals surface area (Å²) in [4.78, 5) is 37.4. The average molecular weight is 421 g/mol. The maximum atomic E-state index is 12.8. The predicted octanol–water partition coefficient (Wildman–Crippen LogP) is 4.31. The van der Waals surface area contributed by atoms with Crippen LogP contribution in [0.3, 0.4) is 0 Å². The van der Waals surface area contributed by atoms with Crippen LogP contribution in [0, 0.1) is 0 Å². The van der Waals surface area contributed by atoms with Crippen molar-refractivity contribution in [3.05, 3.63) is 59.7 Å². The number of rotatable bonds is 6. The Hall–Kier alpha value is -3.15. The van der Waals surface area contributed by atoms with E-state index in [0.717, 1.165) is 0 Å². The molecule has 0 spiro atoms. The zero-order valence-electron chi connectivity index (χ0n) is 17.9. The molecule has 2 aromatic carbocycles. The molecule has 4 rings (SSSR count). The number of carbonyl (C=O) groups is 3. The van der Waals surface area contributed by atoms with Gasteiger partial charge in [0.1, 0.15) is 18.5 Å². The van der Waals surface area contributed by atoms with Gasteiger partial charge in [0.25, 0.3) is 0 Å². The highest BCUT2D eigenvalue weighted by Gasteiger charge is 2.36. The van der Waals surface area contributed by atoms with Crippen molar-refractivity contribution >= 4 is 17.8 Å². The third kappa shape index (κ3) is 4.48. The fourth-order valence-electron chi connectivity index (χ4n) is 4.52. The SMILES string of the molecule is CC(=O)CCC(=O)O[C@@H]1C[C@@H](C)N(C(=O)OCC2c3ccccc3-c3ccccc32)C1. The van der Waals surface area contributed by atoms with Crippen LogP contribution in [0.1, 0.15) is 50.2 Å². The van der Waals surface area contributed by atoms with Crippen molar-refractivity contribution in [1.29, 1.82) is 0 Å². The summed E-state index contributed by atoms with van der Waals surface area (Å²) in [6.45, 7) is 3.94. The van der Waals surface area contributed by atoms with E-state index in [1.165, 1.54) is 29.2 Å².